The summed E-state index contributed by atoms with van der Waals surface area (Å²) in [6.07, 6.45) is 0. The summed E-state index contributed by atoms with van der Waals surface area (Å²) in [5, 5.41) is 2.62. The van der Waals surface area contributed by atoms with Gasteiger partial charge in [-0.2, -0.15) is 0 Å². The molecule has 3 aromatic carbocycles. The second kappa shape index (κ2) is 6.38. The normalized spacial score (nSPS) is 11.9. The molecule has 0 fully saturated rings. The number of aliphatic imine (C=N–C) groups is 2. The van der Waals surface area contributed by atoms with Gasteiger partial charge in [0.1, 0.15) is 0 Å². The van der Waals surface area contributed by atoms with E-state index in [0.717, 1.165) is 5.56 Å². The van der Waals surface area contributed by atoms with Gasteiger partial charge in [0.05, 0.1) is 6.54 Å². The Bertz CT molecular complexity index is 1050. The molecule has 3 heteroatoms. The van der Waals surface area contributed by atoms with Gasteiger partial charge in [-0.1, -0.05) is 54.6 Å². The molecule has 0 aliphatic rings. The fourth-order valence-corrected chi connectivity index (χ4v) is 3.94. The average Bonchev–Trinajstić information content (AvgIpc) is 3.01. The van der Waals surface area contributed by atoms with Crippen LogP contribution in [0.15, 0.2) is 82.8 Å². The molecule has 0 radical (unpaired) electrons. The van der Waals surface area contributed by atoms with Crippen molar-refractivity contribution in [2.75, 3.05) is 0 Å². The first-order chi connectivity index (χ1) is 11.8. The van der Waals surface area contributed by atoms with Crippen molar-refractivity contribution in [3.05, 3.63) is 83.9 Å². The fourth-order valence-electron chi connectivity index (χ4n) is 2.86. The van der Waals surface area contributed by atoms with Gasteiger partial charge < -0.3 is 0 Å². The predicted octanol–water partition coefficient (Wildman–Crippen LogP) is 5.70. The molecule has 0 amide bonds. The van der Waals surface area contributed by atoms with E-state index in [0.29, 0.717) is 12.4 Å². The van der Waals surface area contributed by atoms with Crippen LogP contribution in [0.3, 0.4) is 0 Å². The Balaban J connectivity index is 1.70. The largest absolute Gasteiger partial charge is 0.261 e. The van der Waals surface area contributed by atoms with Crippen LogP contribution in [0.5, 0.6) is 0 Å². The second-order valence-electron chi connectivity index (χ2n) is 5.59. The van der Waals surface area contributed by atoms with Crippen LogP contribution in [0.4, 0.5) is 0 Å². The Kier molecular flexibility index (Phi) is 3.93. The van der Waals surface area contributed by atoms with E-state index in [1.54, 1.807) is 0 Å². The van der Waals surface area contributed by atoms with Crippen LogP contribution in [0.2, 0.25) is 0 Å². The van der Waals surface area contributed by atoms with Crippen molar-refractivity contribution in [1.82, 2.24) is 0 Å². The van der Waals surface area contributed by atoms with Gasteiger partial charge in [-0.15, -0.1) is 11.3 Å². The lowest BCUT2D eigenvalue weighted by Crippen LogP contribution is -1.97. The molecule has 0 N–H and O–H groups in total. The second-order valence-corrected chi connectivity index (χ2v) is 6.68. The SMILES string of the molecule is C=NC(=NCc1ccc2sc3ccccc3c2c1)c1ccccc1. The van der Waals surface area contributed by atoms with Crippen molar-refractivity contribution < 1.29 is 0 Å². The van der Waals surface area contributed by atoms with E-state index >= 15 is 0 Å². The molecule has 4 rings (SSSR count). The molecule has 0 saturated carbocycles. The van der Waals surface area contributed by atoms with Gasteiger partial charge in [0.15, 0.2) is 5.84 Å². The first-order valence-corrected chi connectivity index (χ1v) is 8.63. The molecular weight excluding hydrogens is 312 g/mol. The molecule has 1 aromatic heterocycles. The van der Waals surface area contributed by atoms with Crippen LogP contribution in [0.1, 0.15) is 11.1 Å². The van der Waals surface area contributed by atoms with E-state index in [1.165, 1.54) is 25.7 Å². The van der Waals surface area contributed by atoms with Crippen molar-refractivity contribution >= 4 is 44.1 Å². The number of benzene rings is 3. The molecule has 0 spiro atoms. The third kappa shape index (κ3) is 2.74. The number of amidine groups is 1. The van der Waals surface area contributed by atoms with Crippen molar-refractivity contribution in [2.45, 2.75) is 6.54 Å². The maximum absolute atomic E-state index is 4.64. The summed E-state index contributed by atoms with van der Waals surface area (Å²) in [5.41, 5.74) is 2.18. The number of hydrogen-bond acceptors (Lipinski definition) is 2. The zero-order chi connectivity index (χ0) is 16.4. The Morgan fingerprint density at radius 3 is 2.42 bits per heavy atom. The van der Waals surface area contributed by atoms with Crippen molar-refractivity contribution in [3.63, 3.8) is 0 Å². The number of fused-ring (bicyclic) bond motifs is 3. The van der Waals surface area contributed by atoms with Crippen molar-refractivity contribution in [1.29, 1.82) is 0 Å². The summed E-state index contributed by atoms with van der Waals surface area (Å²) in [5.74, 6) is 0.686. The standard InChI is InChI=1S/C21H16N2S/c1-22-21(16-7-3-2-4-8-16)23-14-15-11-12-20-18(13-15)17-9-5-6-10-19(17)24-20/h2-13H,1,14H2. The topological polar surface area (TPSA) is 24.7 Å². The third-order valence-electron chi connectivity index (χ3n) is 4.03. The molecular formula is C21H16N2S. The molecule has 0 saturated heterocycles. The van der Waals surface area contributed by atoms with Gasteiger partial charge in [0.2, 0.25) is 0 Å². The van der Waals surface area contributed by atoms with Crippen LogP contribution >= 0.6 is 11.3 Å². The van der Waals surface area contributed by atoms with E-state index in [2.05, 4.69) is 59.2 Å². The van der Waals surface area contributed by atoms with E-state index in [4.69, 9.17) is 0 Å². The minimum atomic E-state index is 0.601. The third-order valence-corrected chi connectivity index (χ3v) is 5.19. The van der Waals surface area contributed by atoms with Gasteiger partial charge in [-0.3, -0.25) is 4.99 Å². The summed E-state index contributed by atoms with van der Waals surface area (Å²) >= 11 is 1.83. The minimum Gasteiger partial charge on any atom is -0.261 e. The van der Waals surface area contributed by atoms with Crippen LogP contribution in [-0.2, 0) is 6.54 Å². The summed E-state index contributed by atoms with van der Waals surface area (Å²) in [6.45, 7) is 4.25. The molecule has 24 heavy (non-hydrogen) atoms. The summed E-state index contributed by atoms with van der Waals surface area (Å²) < 4.78 is 2.64. The fraction of sp³-hybridized carbons (Fsp3) is 0.0476. The molecule has 4 aromatic rings. The van der Waals surface area contributed by atoms with Gasteiger partial charge in [0, 0.05) is 25.7 Å². The molecule has 0 atom stereocenters. The lowest BCUT2D eigenvalue weighted by molar-refractivity contribution is 1.07. The van der Waals surface area contributed by atoms with Gasteiger partial charge in [-0.05, 0) is 30.5 Å². The molecule has 1 heterocycles. The number of rotatable bonds is 3. The molecule has 0 aliphatic carbocycles. The predicted molar refractivity (Wildman–Crippen MR) is 106 cm³/mol. The molecule has 0 bridgehead atoms. The zero-order valence-electron chi connectivity index (χ0n) is 13.1. The Hall–Kier alpha value is -2.78. The van der Waals surface area contributed by atoms with Crippen LogP contribution in [-0.4, -0.2) is 12.6 Å². The molecule has 2 nitrogen and oxygen atoms in total. The van der Waals surface area contributed by atoms with Crippen LogP contribution < -0.4 is 0 Å². The number of thiophene rings is 1. The summed E-state index contributed by atoms with van der Waals surface area (Å²) in [6, 6.07) is 25.1. The average molecular weight is 328 g/mol. The highest BCUT2D eigenvalue weighted by atomic mass is 32.1. The highest BCUT2D eigenvalue weighted by molar-refractivity contribution is 7.25. The van der Waals surface area contributed by atoms with Gasteiger partial charge >= 0.3 is 0 Å². The maximum atomic E-state index is 4.64. The Labute approximate surface area is 144 Å². The Morgan fingerprint density at radius 1 is 0.833 bits per heavy atom. The highest BCUT2D eigenvalue weighted by Crippen LogP contribution is 2.34. The minimum absolute atomic E-state index is 0.601. The smallest absolute Gasteiger partial charge is 0.154 e. The van der Waals surface area contributed by atoms with E-state index in [9.17, 15) is 0 Å². The zero-order valence-corrected chi connectivity index (χ0v) is 14.0. The maximum Gasteiger partial charge on any atom is 0.154 e. The molecule has 0 unspecified atom stereocenters. The molecule has 0 aliphatic heterocycles. The number of hydrogen-bond donors (Lipinski definition) is 0. The highest BCUT2D eigenvalue weighted by Gasteiger charge is 2.05. The van der Waals surface area contributed by atoms with Gasteiger partial charge in [0.25, 0.3) is 0 Å². The van der Waals surface area contributed by atoms with Crippen molar-refractivity contribution in [3.8, 4) is 0 Å². The summed E-state index contributed by atoms with van der Waals surface area (Å²) in [7, 11) is 0. The number of nitrogens with zero attached hydrogens (tertiary/aromatic N) is 2. The van der Waals surface area contributed by atoms with Crippen LogP contribution in [0, 0.1) is 0 Å². The van der Waals surface area contributed by atoms with E-state index < -0.39 is 0 Å². The quantitative estimate of drug-likeness (QED) is 0.340. The van der Waals surface area contributed by atoms with E-state index in [1.807, 2.05) is 41.7 Å². The lowest BCUT2D eigenvalue weighted by atomic mass is 10.1. The first-order valence-electron chi connectivity index (χ1n) is 7.82. The van der Waals surface area contributed by atoms with Gasteiger partial charge in [-0.25, -0.2) is 4.99 Å². The molecule has 116 valence electrons. The van der Waals surface area contributed by atoms with E-state index in [-0.39, 0.29) is 0 Å². The monoisotopic (exact) mass is 328 g/mol. The Morgan fingerprint density at radius 2 is 1.58 bits per heavy atom. The van der Waals surface area contributed by atoms with Crippen LogP contribution in [0.25, 0.3) is 20.2 Å². The van der Waals surface area contributed by atoms with Crippen molar-refractivity contribution in [2.24, 2.45) is 9.98 Å². The first kappa shape index (κ1) is 14.8. The lowest BCUT2D eigenvalue weighted by Gasteiger charge is -2.02. The summed E-state index contributed by atoms with van der Waals surface area (Å²) in [4.78, 5) is 8.72.